The molecule has 0 saturated carbocycles. The van der Waals surface area contributed by atoms with E-state index in [1.165, 1.54) is 12.8 Å². The summed E-state index contributed by atoms with van der Waals surface area (Å²) < 4.78 is 11.6. The summed E-state index contributed by atoms with van der Waals surface area (Å²) in [5.41, 5.74) is 0.448. The van der Waals surface area contributed by atoms with Crippen molar-refractivity contribution in [3.05, 3.63) is 0 Å². The third-order valence-electron chi connectivity index (χ3n) is 3.10. The van der Waals surface area contributed by atoms with E-state index in [0.29, 0.717) is 5.41 Å². The summed E-state index contributed by atoms with van der Waals surface area (Å²) in [6, 6.07) is 0. The predicted octanol–water partition coefficient (Wildman–Crippen LogP) is 2.94. The fourth-order valence-corrected chi connectivity index (χ4v) is 3.67. The summed E-state index contributed by atoms with van der Waals surface area (Å²) in [4.78, 5) is 0. The maximum absolute atomic E-state index is 11.6. The first kappa shape index (κ1) is 12.1. The second-order valence-electron chi connectivity index (χ2n) is 5.92. The third kappa shape index (κ3) is 4.50. The van der Waals surface area contributed by atoms with Gasteiger partial charge in [-0.15, -0.1) is 0 Å². The fourth-order valence-electron chi connectivity index (χ4n) is 1.94. The van der Waals surface area contributed by atoms with Gasteiger partial charge in [-0.05, 0) is 52.4 Å². The first-order valence-electron chi connectivity index (χ1n) is 5.61. The summed E-state index contributed by atoms with van der Waals surface area (Å²) in [7, 11) is -1.67. The molecular formula is C12H24OS. The quantitative estimate of drug-likeness (QED) is 0.649. The Labute approximate surface area is 89.3 Å². The second-order valence-corrected chi connectivity index (χ2v) is 8.67. The van der Waals surface area contributed by atoms with Crippen LogP contribution in [-0.2, 0) is 9.52 Å². The van der Waals surface area contributed by atoms with Crippen molar-refractivity contribution in [3.8, 4) is 0 Å². The third-order valence-corrected chi connectivity index (χ3v) is 5.06. The molecule has 0 N–H and O–H groups in total. The van der Waals surface area contributed by atoms with E-state index in [9.17, 15) is 4.21 Å². The second kappa shape index (κ2) is 4.26. The maximum atomic E-state index is 11.6. The molecule has 0 radical (unpaired) electrons. The minimum Gasteiger partial charge on any atom is -0.268 e. The minimum atomic E-state index is -1.67. The maximum Gasteiger partial charge on any atom is 0.0161 e. The molecule has 0 aliphatic carbocycles. The Bertz CT molecular complexity index is 255. The lowest BCUT2D eigenvalue weighted by atomic mass is 9.85. The van der Waals surface area contributed by atoms with Gasteiger partial charge in [-0.3, -0.25) is 4.21 Å². The van der Waals surface area contributed by atoms with Crippen LogP contribution in [0.2, 0.25) is 0 Å². The molecule has 14 heavy (non-hydrogen) atoms. The van der Waals surface area contributed by atoms with E-state index < -0.39 is 9.52 Å². The van der Waals surface area contributed by atoms with Crippen LogP contribution >= 0.6 is 0 Å². The van der Waals surface area contributed by atoms with Gasteiger partial charge in [-0.2, -0.15) is 0 Å². The molecule has 0 aromatic carbocycles. The van der Waals surface area contributed by atoms with Crippen LogP contribution in [0.4, 0.5) is 0 Å². The molecule has 0 spiro atoms. The summed E-state index contributed by atoms with van der Waals surface area (Å²) in [5, 5.41) is 0. The van der Waals surface area contributed by atoms with Gasteiger partial charge in [0.05, 0.1) is 0 Å². The average molecular weight is 216 g/mol. The molecule has 0 atom stereocenters. The highest BCUT2D eigenvalue weighted by molar-refractivity contribution is 8.00. The van der Waals surface area contributed by atoms with E-state index in [4.69, 9.17) is 0 Å². The zero-order valence-electron chi connectivity index (χ0n) is 9.84. The Morgan fingerprint density at radius 2 is 1.79 bits per heavy atom. The van der Waals surface area contributed by atoms with Crippen LogP contribution < -0.4 is 0 Å². The highest BCUT2D eigenvalue weighted by Crippen LogP contribution is 2.29. The van der Waals surface area contributed by atoms with Crippen molar-refractivity contribution < 1.29 is 4.21 Å². The van der Waals surface area contributed by atoms with Gasteiger partial charge in [0.1, 0.15) is 0 Å². The number of hydrogen-bond donors (Lipinski definition) is 0. The smallest absolute Gasteiger partial charge is 0.0161 e. The highest BCUT2D eigenvalue weighted by atomic mass is 32.2. The number of hydrogen-bond acceptors (Lipinski definition) is 1. The first-order chi connectivity index (χ1) is 6.29. The van der Waals surface area contributed by atoms with Crippen molar-refractivity contribution >= 4 is 15.4 Å². The standard InChI is InChI=1S/C12H24OS/c1-12(2,3)8-5-11-6-9-14(4,13)10-7-11/h11H,4-10H2,1-3H3. The molecule has 1 aliphatic heterocycles. The topological polar surface area (TPSA) is 17.1 Å². The SMILES string of the molecule is C=S1(=O)CCC(CCC(C)(C)C)CC1. The fraction of sp³-hybridized carbons (Fsp3) is 0.917. The zero-order valence-corrected chi connectivity index (χ0v) is 10.7. The summed E-state index contributed by atoms with van der Waals surface area (Å²) >= 11 is 0. The monoisotopic (exact) mass is 216 g/mol. The van der Waals surface area contributed by atoms with Gasteiger partial charge in [0.15, 0.2) is 0 Å². The molecule has 0 amide bonds. The van der Waals surface area contributed by atoms with Gasteiger partial charge < -0.3 is 0 Å². The largest absolute Gasteiger partial charge is 0.268 e. The van der Waals surface area contributed by atoms with Crippen LogP contribution in [0.3, 0.4) is 0 Å². The normalized spacial score (nSPS) is 34.4. The highest BCUT2D eigenvalue weighted by Gasteiger charge is 2.21. The van der Waals surface area contributed by atoms with E-state index in [1.54, 1.807) is 0 Å². The van der Waals surface area contributed by atoms with Gasteiger partial charge in [-0.25, -0.2) is 0 Å². The molecule has 0 unspecified atom stereocenters. The van der Waals surface area contributed by atoms with E-state index in [2.05, 4.69) is 26.6 Å². The molecule has 1 aliphatic rings. The van der Waals surface area contributed by atoms with E-state index in [-0.39, 0.29) is 0 Å². The lowest BCUT2D eigenvalue weighted by Gasteiger charge is -2.27. The van der Waals surface area contributed by atoms with Crippen molar-refractivity contribution in [1.29, 1.82) is 0 Å². The molecule has 84 valence electrons. The Kier molecular flexibility index (Phi) is 3.68. The van der Waals surface area contributed by atoms with E-state index in [1.807, 2.05) is 0 Å². The van der Waals surface area contributed by atoms with E-state index >= 15 is 0 Å². The van der Waals surface area contributed by atoms with Crippen molar-refractivity contribution in [2.24, 2.45) is 11.3 Å². The lowest BCUT2D eigenvalue weighted by molar-refractivity contribution is 0.311. The molecule has 0 aromatic heterocycles. The molecular weight excluding hydrogens is 192 g/mol. The molecule has 1 saturated heterocycles. The predicted molar refractivity (Wildman–Crippen MR) is 66.4 cm³/mol. The Morgan fingerprint density at radius 3 is 2.21 bits per heavy atom. The first-order valence-corrected chi connectivity index (χ1v) is 7.68. The van der Waals surface area contributed by atoms with Gasteiger partial charge >= 0.3 is 0 Å². The summed E-state index contributed by atoms with van der Waals surface area (Å²) in [5.74, 6) is 6.34. The molecule has 2 heteroatoms. The van der Waals surface area contributed by atoms with Crippen LogP contribution in [-0.4, -0.2) is 21.6 Å². The number of rotatable bonds is 2. The Hall–Kier alpha value is 0.0200. The Balaban J connectivity index is 2.30. The lowest BCUT2D eigenvalue weighted by Crippen LogP contribution is -2.24. The molecule has 0 bridgehead atoms. The van der Waals surface area contributed by atoms with Crippen LogP contribution in [0.15, 0.2) is 0 Å². The summed E-state index contributed by atoms with van der Waals surface area (Å²) in [6.07, 6.45) is 4.87. The van der Waals surface area contributed by atoms with Gasteiger partial charge in [0.25, 0.3) is 0 Å². The Morgan fingerprint density at radius 1 is 1.29 bits per heavy atom. The molecule has 0 aromatic rings. The molecule has 1 rings (SSSR count). The molecule has 1 nitrogen and oxygen atoms in total. The van der Waals surface area contributed by atoms with E-state index in [0.717, 1.165) is 30.3 Å². The van der Waals surface area contributed by atoms with Crippen LogP contribution in [0.5, 0.6) is 0 Å². The summed E-state index contributed by atoms with van der Waals surface area (Å²) in [6.45, 7) is 6.88. The molecule has 1 heterocycles. The van der Waals surface area contributed by atoms with Crippen molar-refractivity contribution in [3.63, 3.8) is 0 Å². The van der Waals surface area contributed by atoms with Gasteiger partial charge in [-0.1, -0.05) is 20.8 Å². The van der Waals surface area contributed by atoms with Crippen molar-refractivity contribution in [2.45, 2.75) is 46.5 Å². The average Bonchev–Trinajstić information content (AvgIpc) is 2.01. The van der Waals surface area contributed by atoms with Crippen LogP contribution in [0.1, 0.15) is 46.5 Å². The van der Waals surface area contributed by atoms with Crippen molar-refractivity contribution in [1.82, 2.24) is 0 Å². The molecule has 1 fully saturated rings. The van der Waals surface area contributed by atoms with Crippen molar-refractivity contribution in [2.75, 3.05) is 11.5 Å². The van der Waals surface area contributed by atoms with Gasteiger partial charge in [0.2, 0.25) is 0 Å². The van der Waals surface area contributed by atoms with Gasteiger partial charge in [0, 0.05) is 11.5 Å². The van der Waals surface area contributed by atoms with Crippen LogP contribution in [0.25, 0.3) is 0 Å². The minimum absolute atomic E-state index is 0.448. The zero-order chi connectivity index (χ0) is 10.8. The van der Waals surface area contributed by atoms with Crippen LogP contribution in [0, 0.1) is 11.3 Å².